The van der Waals surface area contributed by atoms with Crippen LogP contribution in [0, 0.1) is 11.3 Å². The number of carboxylic acid groups (broad SMARTS) is 1. The van der Waals surface area contributed by atoms with E-state index < -0.39 is 6.09 Å². The molecule has 5 nitrogen and oxygen atoms in total. The van der Waals surface area contributed by atoms with Crippen molar-refractivity contribution < 1.29 is 14.6 Å². The van der Waals surface area contributed by atoms with Crippen molar-refractivity contribution in [2.45, 2.75) is 52.1 Å². The SMILES string of the molecule is CCOc1ccc(-c2ccc3c(c2)CC(C)(C)[C@H]3N(C(=O)O)[C@@H]2CN3CCC2CC3)cc1Cl. The summed E-state index contributed by atoms with van der Waals surface area (Å²) in [6.07, 6.45) is 2.27. The summed E-state index contributed by atoms with van der Waals surface area (Å²) < 4.78 is 5.57. The highest BCUT2D eigenvalue weighted by Gasteiger charge is 2.50. The molecule has 2 aromatic carbocycles. The number of hydrogen-bond donors (Lipinski definition) is 1. The molecule has 2 atom stereocenters. The van der Waals surface area contributed by atoms with E-state index in [-0.39, 0.29) is 17.5 Å². The van der Waals surface area contributed by atoms with Crippen LogP contribution in [-0.2, 0) is 6.42 Å². The Kier molecular flexibility index (Phi) is 5.82. The number of carbonyl (C=O) groups is 1. The fraction of sp³-hybridized carbons (Fsp3) is 0.519. The molecule has 1 aliphatic carbocycles. The van der Waals surface area contributed by atoms with Gasteiger partial charge in [0.15, 0.2) is 0 Å². The lowest BCUT2D eigenvalue weighted by molar-refractivity contribution is -0.0267. The summed E-state index contributed by atoms with van der Waals surface area (Å²) in [5.41, 5.74) is 4.36. The average molecular weight is 469 g/mol. The lowest BCUT2D eigenvalue weighted by Gasteiger charge is -2.51. The largest absolute Gasteiger partial charge is 0.492 e. The van der Waals surface area contributed by atoms with E-state index in [0.29, 0.717) is 23.3 Å². The third-order valence-corrected chi connectivity index (χ3v) is 8.16. The number of hydrogen-bond acceptors (Lipinski definition) is 3. The summed E-state index contributed by atoms with van der Waals surface area (Å²) >= 11 is 6.44. The lowest BCUT2D eigenvalue weighted by atomic mass is 9.79. The zero-order chi connectivity index (χ0) is 23.3. The van der Waals surface area contributed by atoms with E-state index in [1.165, 1.54) is 5.56 Å². The summed E-state index contributed by atoms with van der Waals surface area (Å²) in [6.45, 7) is 10.0. The fourth-order valence-electron chi connectivity index (χ4n) is 6.39. The van der Waals surface area contributed by atoms with Gasteiger partial charge in [-0.3, -0.25) is 4.90 Å². The second-order valence-corrected chi connectivity index (χ2v) is 10.9. The Hall–Kier alpha value is -2.24. The molecule has 0 aromatic heterocycles. The molecule has 0 radical (unpaired) electrons. The average Bonchev–Trinajstić information content (AvgIpc) is 3.05. The van der Waals surface area contributed by atoms with Crippen LogP contribution in [0.5, 0.6) is 5.75 Å². The van der Waals surface area contributed by atoms with E-state index in [0.717, 1.165) is 55.6 Å². The van der Waals surface area contributed by atoms with Gasteiger partial charge in [-0.15, -0.1) is 0 Å². The van der Waals surface area contributed by atoms with Gasteiger partial charge in [-0.25, -0.2) is 4.79 Å². The second-order valence-electron chi connectivity index (χ2n) is 10.5. The van der Waals surface area contributed by atoms with Gasteiger partial charge >= 0.3 is 6.09 Å². The molecule has 2 aromatic rings. The van der Waals surface area contributed by atoms with E-state index in [9.17, 15) is 9.90 Å². The molecule has 6 rings (SSSR count). The molecule has 0 unspecified atom stereocenters. The molecule has 33 heavy (non-hydrogen) atoms. The van der Waals surface area contributed by atoms with Gasteiger partial charge in [0.2, 0.25) is 0 Å². The zero-order valence-electron chi connectivity index (χ0n) is 19.7. The Balaban J connectivity index is 1.49. The van der Waals surface area contributed by atoms with Crippen molar-refractivity contribution in [1.82, 2.24) is 9.80 Å². The molecule has 3 aliphatic heterocycles. The minimum Gasteiger partial charge on any atom is -0.492 e. The Morgan fingerprint density at radius 2 is 1.88 bits per heavy atom. The first-order valence-electron chi connectivity index (χ1n) is 12.1. The maximum Gasteiger partial charge on any atom is 0.408 e. The predicted octanol–water partition coefficient (Wildman–Crippen LogP) is 6.10. The molecular weight excluding hydrogens is 436 g/mol. The van der Waals surface area contributed by atoms with E-state index in [1.54, 1.807) is 0 Å². The van der Waals surface area contributed by atoms with Crippen molar-refractivity contribution in [3.8, 4) is 16.9 Å². The van der Waals surface area contributed by atoms with Crippen LogP contribution in [0.15, 0.2) is 36.4 Å². The molecule has 1 N–H and O–H groups in total. The Labute approximate surface area is 201 Å². The molecule has 4 aliphatic rings. The van der Waals surface area contributed by atoms with Crippen molar-refractivity contribution >= 4 is 17.7 Å². The first-order valence-corrected chi connectivity index (χ1v) is 12.5. The van der Waals surface area contributed by atoms with Gasteiger partial charge in [-0.2, -0.15) is 0 Å². The first-order chi connectivity index (χ1) is 15.8. The summed E-state index contributed by atoms with van der Waals surface area (Å²) in [5, 5.41) is 11.0. The van der Waals surface area contributed by atoms with E-state index in [2.05, 4.69) is 36.9 Å². The molecule has 3 saturated heterocycles. The third-order valence-electron chi connectivity index (χ3n) is 7.87. The fourth-order valence-corrected chi connectivity index (χ4v) is 6.62. The Morgan fingerprint density at radius 1 is 1.18 bits per heavy atom. The highest BCUT2D eigenvalue weighted by atomic mass is 35.5. The number of piperidine rings is 3. The van der Waals surface area contributed by atoms with Crippen molar-refractivity contribution in [2.24, 2.45) is 11.3 Å². The van der Waals surface area contributed by atoms with Gasteiger partial charge in [0.05, 0.1) is 23.7 Å². The summed E-state index contributed by atoms with van der Waals surface area (Å²) in [4.78, 5) is 16.9. The summed E-state index contributed by atoms with van der Waals surface area (Å²) in [6, 6.07) is 12.3. The van der Waals surface area contributed by atoms with Crippen LogP contribution in [-0.4, -0.2) is 53.3 Å². The van der Waals surface area contributed by atoms with Crippen molar-refractivity contribution in [1.29, 1.82) is 0 Å². The lowest BCUT2D eigenvalue weighted by Crippen LogP contribution is -2.60. The summed E-state index contributed by atoms with van der Waals surface area (Å²) in [5.74, 6) is 1.16. The number of amides is 1. The van der Waals surface area contributed by atoms with Gasteiger partial charge in [0.25, 0.3) is 0 Å². The van der Waals surface area contributed by atoms with Gasteiger partial charge < -0.3 is 14.7 Å². The van der Waals surface area contributed by atoms with Crippen LogP contribution in [0.25, 0.3) is 11.1 Å². The molecule has 176 valence electrons. The van der Waals surface area contributed by atoms with Crippen LogP contribution in [0.4, 0.5) is 4.79 Å². The monoisotopic (exact) mass is 468 g/mol. The topological polar surface area (TPSA) is 53.0 Å². The zero-order valence-corrected chi connectivity index (χ0v) is 20.4. The quantitative estimate of drug-likeness (QED) is 0.575. The highest BCUT2D eigenvalue weighted by Crippen LogP contribution is 2.51. The minimum absolute atomic E-state index is 0.0739. The van der Waals surface area contributed by atoms with Crippen LogP contribution in [0.1, 0.15) is 50.8 Å². The molecule has 3 fully saturated rings. The third kappa shape index (κ3) is 4.00. The molecule has 6 heteroatoms. The first kappa shape index (κ1) is 22.5. The molecule has 1 amide bonds. The smallest absolute Gasteiger partial charge is 0.408 e. The molecule has 0 spiro atoms. The number of halogens is 1. The van der Waals surface area contributed by atoms with Crippen molar-refractivity contribution in [3.63, 3.8) is 0 Å². The highest BCUT2D eigenvalue weighted by molar-refractivity contribution is 6.32. The Bertz CT molecular complexity index is 1060. The van der Waals surface area contributed by atoms with Gasteiger partial charge in [0, 0.05) is 6.54 Å². The molecule has 0 saturated carbocycles. The molecule has 2 bridgehead atoms. The number of ether oxygens (including phenoxy) is 1. The number of rotatable bonds is 5. The van der Waals surface area contributed by atoms with Crippen molar-refractivity contribution in [2.75, 3.05) is 26.2 Å². The maximum absolute atomic E-state index is 12.7. The standard InChI is InChI=1S/C27H33ClN2O3/c1-4-33-24-8-6-19(14-22(24)28)18-5-7-21-20(13-18)15-27(2,3)25(21)30(26(31)32)23-16-29-11-9-17(23)10-12-29/h5-8,13-14,17,23,25H,4,9-12,15-16H2,1-3H3,(H,31,32)/t23-,25+/m1/s1. The minimum atomic E-state index is -0.790. The van der Waals surface area contributed by atoms with Crippen LogP contribution < -0.4 is 4.74 Å². The number of nitrogens with zero attached hydrogens (tertiary/aromatic N) is 2. The number of benzene rings is 2. The maximum atomic E-state index is 12.7. The van der Waals surface area contributed by atoms with Crippen LogP contribution in [0.3, 0.4) is 0 Å². The van der Waals surface area contributed by atoms with E-state index in [1.807, 2.05) is 30.0 Å². The van der Waals surface area contributed by atoms with Gasteiger partial charge in [0.1, 0.15) is 5.75 Å². The summed E-state index contributed by atoms with van der Waals surface area (Å²) in [7, 11) is 0. The van der Waals surface area contributed by atoms with Gasteiger partial charge in [-0.05, 0) is 85.0 Å². The Morgan fingerprint density at radius 3 is 2.48 bits per heavy atom. The normalized spacial score (nSPS) is 27.3. The van der Waals surface area contributed by atoms with E-state index in [4.69, 9.17) is 16.3 Å². The second kappa shape index (κ2) is 8.52. The van der Waals surface area contributed by atoms with Crippen LogP contribution in [0.2, 0.25) is 5.02 Å². The van der Waals surface area contributed by atoms with Crippen molar-refractivity contribution in [3.05, 3.63) is 52.5 Å². The number of fused-ring (bicyclic) bond motifs is 4. The van der Waals surface area contributed by atoms with Gasteiger partial charge in [-0.1, -0.05) is 49.7 Å². The molecular formula is C27H33ClN2O3. The predicted molar refractivity (Wildman–Crippen MR) is 131 cm³/mol. The van der Waals surface area contributed by atoms with Crippen LogP contribution >= 0.6 is 11.6 Å². The molecule has 3 heterocycles. The van der Waals surface area contributed by atoms with E-state index >= 15 is 0 Å².